The minimum Gasteiger partial charge on any atom is -0.316 e. The van der Waals surface area contributed by atoms with E-state index in [9.17, 15) is 12.6 Å². The van der Waals surface area contributed by atoms with Gasteiger partial charge in [0, 0.05) is 11.4 Å². The number of amidine groups is 1. The van der Waals surface area contributed by atoms with Crippen LogP contribution >= 0.6 is 0 Å². The molecule has 0 aliphatic carbocycles. The van der Waals surface area contributed by atoms with Gasteiger partial charge < -0.3 is 5.32 Å². The van der Waals surface area contributed by atoms with E-state index in [4.69, 9.17) is 0 Å². The third-order valence-corrected chi connectivity index (χ3v) is 5.15. The molecule has 1 aliphatic rings. The average Bonchev–Trinajstić information content (AvgIpc) is 2.28. The molecule has 0 saturated carbocycles. The number of pyridine rings is 1. The average molecular weight is 287 g/mol. The Morgan fingerprint density at radius 1 is 1.39 bits per heavy atom. The van der Waals surface area contributed by atoms with Gasteiger partial charge in [0.25, 0.3) is 10.0 Å². The predicted molar refractivity (Wildman–Crippen MR) is 70.5 cm³/mol. The highest BCUT2D eigenvalue weighted by atomic mass is 32.2. The number of rotatable bonds is 1. The van der Waals surface area contributed by atoms with Gasteiger partial charge in [-0.25, -0.2) is 4.98 Å². The highest BCUT2D eigenvalue weighted by Gasteiger charge is 2.29. The molecule has 0 saturated heterocycles. The maximum absolute atomic E-state index is 12.0. The number of fused-ring (bicyclic) bond motifs is 1. The van der Waals surface area contributed by atoms with Crippen molar-refractivity contribution in [3.63, 3.8) is 0 Å². The standard InChI is InChI=1S/C10H13N3O3S2/c1-6(2)17(14)10-12-9-8(18(15,16)13-10)4-7(3)5-11-9/h4-6H,1-3H3,(H,11,12,13). The van der Waals surface area contributed by atoms with Crippen LogP contribution in [0.25, 0.3) is 0 Å². The lowest BCUT2D eigenvalue weighted by molar-refractivity contribution is 0.597. The van der Waals surface area contributed by atoms with Gasteiger partial charge in [0.15, 0.2) is 5.82 Å². The number of nitrogens with zero attached hydrogens (tertiary/aromatic N) is 2. The van der Waals surface area contributed by atoms with Gasteiger partial charge in [-0.15, -0.1) is 4.40 Å². The molecule has 6 nitrogen and oxygen atoms in total. The molecule has 1 aliphatic heterocycles. The van der Waals surface area contributed by atoms with E-state index in [1.807, 2.05) is 0 Å². The first-order chi connectivity index (χ1) is 8.31. The second-order valence-corrected chi connectivity index (χ2v) is 7.70. The summed E-state index contributed by atoms with van der Waals surface area (Å²) in [5, 5.41) is 2.44. The zero-order valence-electron chi connectivity index (χ0n) is 10.2. The van der Waals surface area contributed by atoms with Crippen molar-refractivity contribution in [3.8, 4) is 0 Å². The van der Waals surface area contributed by atoms with Gasteiger partial charge in [0.2, 0.25) is 5.17 Å². The number of aryl methyl sites for hydroxylation is 1. The fraction of sp³-hybridized carbons (Fsp3) is 0.400. The summed E-state index contributed by atoms with van der Waals surface area (Å²) >= 11 is 0. The number of nitrogens with one attached hydrogen (secondary N) is 1. The van der Waals surface area contributed by atoms with Crippen LogP contribution in [0.2, 0.25) is 0 Å². The molecule has 0 amide bonds. The summed E-state index contributed by atoms with van der Waals surface area (Å²) in [7, 11) is -5.32. The molecule has 0 radical (unpaired) electrons. The van der Waals surface area contributed by atoms with E-state index in [2.05, 4.69) is 14.7 Å². The van der Waals surface area contributed by atoms with E-state index >= 15 is 0 Å². The summed E-state index contributed by atoms with van der Waals surface area (Å²) in [4.78, 5) is 4.02. The molecule has 1 aromatic heterocycles. The summed E-state index contributed by atoms with van der Waals surface area (Å²) in [5.41, 5.74) is 0.725. The smallest absolute Gasteiger partial charge is 0.288 e. The van der Waals surface area contributed by atoms with Gasteiger partial charge in [-0.3, -0.25) is 4.21 Å². The molecule has 0 spiro atoms. The highest BCUT2D eigenvalue weighted by molar-refractivity contribution is 8.03. The largest absolute Gasteiger partial charge is 0.316 e. The Kier molecular flexibility index (Phi) is 3.24. The molecular weight excluding hydrogens is 274 g/mol. The van der Waals surface area contributed by atoms with Crippen LogP contribution in [0, 0.1) is 6.92 Å². The lowest BCUT2D eigenvalue weighted by Gasteiger charge is -2.17. The molecule has 1 aromatic rings. The van der Waals surface area contributed by atoms with Crippen molar-refractivity contribution >= 4 is 31.8 Å². The molecule has 8 heteroatoms. The summed E-state index contributed by atoms with van der Waals surface area (Å²) in [6.07, 6.45) is 1.54. The maximum Gasteiger partial charge on any atom is 0.288 e. The summed E-state index contributed by atoms with van der Waals surface area (Å²) in [6.45, 7) is 5.20. The van der Waals surface area contributed by atoms with Crippen molar-refractivity contribution in [2.75, 3.05) is 5.32 Å². The van der Waals surface area contributed by atoms with Gasteiger partial charge in [-0.2, -0.15) is 8.42 Å². The topological polar surface area (TPSA) is 88.5 Å². The van der Waals surface area contributed by atoms with Gasteiger partial charge in [-0.1, -0.05) is 13.8 Å². The van der Waals surface area contributed by atoms with E-state index < -0.39 is 20.8 Å². The Hall–Kier alpha value is -1.28. The first-order valence-corrected chi connectivity index (χ1v) is 7.96. The Morgan fingerprint density at radius 3 is 2.67 bits per heavy atom. The van der Waals surface area contributed by atoms with Crippen LogP contribution in [-0.4, -0.2) is 28.0 Å². The van der Waals surface area contributed by atoms with Crippen molar-refractivity contribution < 1.29 is 12.6 Å². The molecule has 98 valence electrons. The number of anilines is 1. The van der Waals surface area contributed by atoms with Crippen molar-refractivity contribution in [2.45, 2.75) is 30.9 Å². The number of aromatic nitrogens is 1. The third-order valence-electron chi connectivity index (χ3n) is 2.31. The fourth-order valence-corrected chi connectivity index (χ4v) is 3.70. The van der Waals surface area contributed by atoms with Crippen molar-refractivity contribution in [1.82, 2.24) is 4.98 Å². The Balaban J connectivity index is 2.55. The molecular formula is C10H13N3O3S2. The van der Waals surface area contributed by atoms with Crippen molar-refractivity contribution in [3.05, 3.63) is 17.8 Å². The molecule has 0 fully saturated rings. The first kappa shape index (κ1) is 13.2. The summed E-state index contributed by atoms with van der Waals surface area (Å²) in [6, 6.07) is 1.49. The van der Waals surface area contributed by atoms with Gasteiger partial charge in [0.05, 0.1) is 10.8 Å². The van der Waals surface area contributed by atoms with E-state index in [-0.39, 0.29) is 21.1 Å². The fourth-order valence-electron chi connectivity index (χ4n) is 1.43. The monoisotopic (exact) mass is 287 g/mol. The quantitative estimate of drug-likeness (QED) is 0.833. The van der Waals surface area contributed by atoms with Crippen molar-refractivity contribution in [1.29, 1.82) is 0 Å². The van der Waals surface area contributed by atoms with Crippen LogP contribution in [0.1, 0.15) is 19.4 Å². The minimum atomic E-state index is -3.82. The lowest BCUT2D eigenvalue weighted by Crippen LogP contribution is -2.29. The van der Waals surface area contributed by atoms with Gasteiger partial charge >= 0.3 is 0 Å². The Labute approximate surface area is 108 Å². The highest BCUT2D eigenvalue weighted by Crippen LogP contribution is 2.26. The van der Waals surface area contributed by atoms with Crippen LogP contribution in [-0.2, 0) is 20.8 Å². The number of hydrogen-bond donors (Lipinski definition) is 1. The van der Waals surface area contributed by atoms with Crippen LogP contribution < -0.4 is 5.32 Å². The minimum absolute atomic E-state index is 0.0204. The second kappa shape index (κ2) is 4.43. The summed E-state index contributed by atoms with van der Waals surface area (Å²) in [5.74, 6) is 0.180. The van der Waals surface area contributed by atoms with E-state index in [0.29, 0.717) is 0 Å². The van der Waals surface area contributed by atoms with Crippen LogP contribution in [0.5, 0.6) is 0 Å². The Bertz CT molecular complexity index is 650. The zero-order chi connectivity index (χ0) is 13.5. The van der Waals surface area contributed by atoms with Gasteiger partial charge in [-0.05, 0) is 18.6 Å². The number of sulfonamides is 1. The SMILES string of the molecule is Cc1cnc2c(c1)S(=O)(=O)N=C(S(=O)C(C)C)N2. The molecule has 2 heterocycles. The molecule has 1 atom stereocenters. The molecule has 0 aromatic carbocycles. The van der Waals surface area contributed by atoms with E-state index in [0.717, 1.165) is 5.56 Å². The molecule has 0 bridgehead atoms. The number of hydrogen-bond acceptors (Lipinski definition) is 5. The molecule has 2 rings (SSSR count). The van der Waals surface area contributed by atoms with E-state index in [1.165, 1.54) is 6.07 Å². The van der Waals surface area contributed by atoms with Crippen LogP contribution in [0.15, 0.2) is 21.6 Å². The summed E-state index contributed by atoms with van der Waals surface area (Å²) < 4.78 is 39.4. The Morgan fingerprint density at radius 2 is 2.06 bits per heavy atom. The third kappa shape index (κ3) is 2.30. The van der Waals surface area contributed by atoms with Crippen LogP contribution in [0.3, 0.4) is 0 Å². The van der Waals surface area contributed by atoms with Crippen LogP contribution in [0.4, 0.5) is 5.82 Å². The lowest BCUT2D eigenvalue weighted by atomic mass is 10.3. The predicted octanol–water partition coefficient (Wildman–Crippen LogP) is 1.02. The molecule has 18 heavy (non-hydrogen) atoms. The second-order valence-electron chi connectivity index (χ2n) is 4.20. The molecule has 1 unspecified atom stereocenters. The first-order valence-electron chi connectivity index (χ1n) is 5.30. The normalized spacial score (nSPS) is 18.8. The molecule has 1 N–H and O–H groups in total. The van der Waals surface area contributed by atoms with E-state index in [1.54, 1.807) is 27.0 Å². The van der Waals surface area contributed by atoms with Crippen molar-refractivity contribution in [2.24, 2.45) is 4.40 Å². The zero-order valence-corrected chi connectivity index (χ0v) is 11.8. The maximum atomic E-state index is 12.0. The van der Waals surface area contributed by atoms with Gasteiger partial charge in [0.1, 0.15) is 4.90 Å².